The molecule has 0 N–H and O–H groups in total. The molecule has 5 rings (SSSR count). The molecule has 0 fully saturated rings. The van der Waals surface area contributed by atoms with Crippen molar-refractivity contribution >= 4 is 68.4 Å². The predicted octanol–water partition coefficient (Wildman–Crippen LogP) is 7.94. The third-order valence-corrected chi connectivity index (χ3v) is 8.27. The van der Waals surface area contributed by atoms with Crippen LogP contribution in [0.5, 0.6) is 0 Å². The van der Waals surface area contributed by atoms with Crippen molar-refractivity contribution in [3.8, 4) is 21.7 Å². The van der Waals surface area contributed by atoms with Crippen molar-refractivity contribution in [1.29, 1.82) is 0 Å². The average Bonchev–Trinajstić information content (AvgIpc) is 3.59. The van der Waals surface area contributed by atoms with Gasteiger partial charge in [-0.05, 0) is 43.7 Å². The molecule has 188 valence electrons. The molecule has 3 heterocycles. The molecular formula is C27H21Cl2N3O3S2. The summed E-state index contributed by atoms with van der Waals surface area (Å²) in [6.45, 7) is 3.76. The molecule has 6 nitrogen and oxygen atoms in total. The number of hydrogen-bond acceptors (Lipinski definition) is 6. The summed E-state index contributed by atoms with van der Waals surface area (Å²) in [5, 5.41) is 2.67. The van der Waals surface area contributed by atoms with Gasteiger partial charge in [-0.2, -0.15) is 0 Å². The van der Waals surface area contributed by atoms with E-state index in [4.69, 9.17) is 27.9 Å². The second-order valence-corrected chi connectivity index (χ2v) is 11.3. The van der Waals surface area contributed by atoms with Gasteiger partial charge in [-0.25, -0.2) is 9.78 Å². The zero-order valence-corrected chi connectivity index (χ0v) is 23.2. The van der Waals surface area contributed by atoms with E-state index in [0.717, 1.165) is 26.7 Å². The molecule has 0 saturated carbocycles. The lowest BCUT2D eigenvalue weighted by Crippen LogP contribution is -2.37. The van der Waals surface area contributed by atoms with E-state index < -0.39 is 5.97 Å². The number of amides is 1. The first-order valence-electron chi connectivity index (χ1n) is 11.3. The molecule has 5 aromatic rings. The Balaban J connectivity index is 1.54. The summed E-state index contributed by atoms with van der Waals surface area (Å²) in [6.07, 6.45) is 3.97. The van der Waals surface area contributed by atoms with Gasteiger partial charge >= 0.3 is 5.97 Å². The summed E-state index contributed by atoms with van der Waals surface area (Å²) in [4.78, 5) is 34.7. The first-order valence-corrected chi connectivity index (χ1v) is 13.8. The first-order chi connectivity index (χ1) is 17.8. The van der Waals surface area contributed by atoms with Crippen molar-refractivity contribution in [1.82, 2.24) is 9.38 Å². The van der Waals surface area contributed by atoms with Gasteiger partial charge in [0, 0.05) is 39.3 Å². The smallest absolute Gasteiger partial charge is 0.350 e. The Kier molecular flexibility index (Phi) is 7.09. The largest absolute Gasteiger partial charge is 0.465 e. The summed E-state index contributed by atoms with van der Waals surface area (Å²) in [5.41, 5.74) is 3.55. The maximum absolute atomic E-state index is 13.6. The Labute approximate surface area is 231 Å². The maximum atomic E-state index is 13.6. The number of aromatic nitrogens is 2. The second kappa shape index (κ2) is 10.3. The quantitative estimate of drug-likeness (QED) is 0.195. The molecule has 10 heteroatoms. The van der Waals surface area contributed by atoms with Crippen molar-refractivity contribution < 1.29 is 14.3 Å². The molecule has 0 saturated heterocycles. The fourth-order valence-corrected chi connectivity index (χ4v) is 6.29. The van der Waals surface area contributed by atoms with E-state index in [1.807, 2.05) is 66.4 Å². The summed E-state index contributed by atoms with van der Waals surface area (Å²) in [5.74, 6) is -0.845. The third kappa shape index (κ3) is 4.90. The Morgan fingerprint density at radius 3 is 2.43 bits per heavy atom. The van der Waals surface area contributed by atoms with E-state index in [1.165, 1.54) is 24.5 Å². The molecule has 0 spiro atoms. The van der Waals surface area contributed by atoms with Crippen LogP contribution in [0.1, 0.15) is 33.9 Å². The van der Waals surface area contributed by atoms with Gasteiger partial charge < -0.3 is 9.64 Å². The van der Waals surface area contributed by atoms with Crippen LogP contribution in [-0.4, -0.2) is 34.4 Å². The standard InChI is InChI=1S/C27H21Cl2N3O3S2/c1-15(2)32(25(33)19-9-8-18(28)12-20(19)29)22-13-23(37-24(22)26(34)35-3)17-6-4-16(5-7-17)21-14-31-10-11-36-27(31)30-21/h4-15H,1-3H3. The number of methoxy groups -OCH3 is 1. The van der Waals surface area contributed by atoms with Crippen LogP contribution >= 0.6 is 45.9 Å². The number of anilines is 1. The first kappa shape index (κ1) is 25.5. The third-order valence-electron chi connectivity index (χ3n) is 5.80. The summed E-state index contributed by atoms with van der Waals surface area (Å²) < 4.78 is 7.05. The number of imidazole rings is 1. The highest BCUT2D eigenvalue weighted by atomic mass is 35.5. The summed E-state index contributed by atoms with van der Waals surface area (Å²) in [7, 11) is 1.33. The number of hydrogen-bond donors (Lipinski definition) is 0. The number of ether oxygens (including phenoxy) is 1. The molecule has 0 radical (unpaired) electrons. The van der Waals surface area contributed by atoms with Crippen molar-refractivity contribution in [2.45, 2.75) is 19.9 Å². The zero-order chi connectivity index (χ0) is 26.3. The van der Waals surface area contributed by atoms with Crippen LogP contribution in [0.25, 0.3) is 26.7 Å². The molecule has 0 aliphatic heterocycles. The average molecular weight is 571 g/mol. The van der Waals surface area contributed by atoms with Crippen LogP contribution in [0.3, 0.4) is 0 Å². The van der Waals surface area contributed by atoms with E-state index in [9.17, 15) is 9.59 Å². The molecule has 3 aromatic heterocycles. The Morgan fingerprint density at radius 1 is 1.05 bits per heavy atom. The van der Waals surface area contributed by atoms with Crippen molar-refractivity contribution in [3.05, 3.63) is 86.8 Å². The van der Waals surface area contributed by atoms with Gasteiger partial charge in [0.2, 0.25) is 0 Å². The molecule has 0 bridgehead atoms. The minimum absolute atomic E-state index is 0.243. The number of thiazole rings is 1. The van der Waals surface area contributed by atoms with Gasteiger partial charge in [-0.3, -0.25) is 9.20 Å². The van der Waals surface area contributed by atoms with Crippen molar-refractivity contribution in [3.63, 3.8) is 0 Å². The Bertz CT molecular complexity index is 1590. The molecule has 1 amide bonds. The van der Waals surface area contributed by atoms with Crippen molar-refractivity contribution in [2.75, 3.05) is 12.0 Å². The fraction of sp³-hybridized carbons (Fsp3) is 0.148. The number of esters is 1. The minimum Gasteiger partial charge on any atom is -0.465 e. The zero-order valence-electron chi connectivity index (χ0n) is 20.1. The number of nitrogens with zero attached hydrogens (tertiary/aromatic N) is 3. The molecule has 0 atom stereocenters. The highest BCUT2D eigenvalue weighted by molar-refractivity contribution is 7.18. The topological polar surface area (TPSA) is 63.9 Å². The number of thiophene rings is 1. The van der Waals surface area contributed by atoms with Crippen LogP contribution in [-0.2, 0) is 4.74 Å². The number of carbonyl (C=O) groups excluding carboxylic acids is 2. The Morgan fingerprint density at radius 2 is 1.78 bits per heavy atom. The number of halogens is 2. The number of benzene rings is 2. The van der Waals surface area contributed by atoms with E-state index in [1.54, 1.807) is 28.4 Å². The van der Waals surface area contributed by atoms with Crippen LogP contribution in [0, 0.1) is 0 Å². The van der Waals surface area contributed by atoms with E-state index in [-0.39, 0.29) is 17.0 Å². The number of carbonyl (C=O) groups is 2. The fourth-order valence-electron chi connectivity index (χ4n) is 4.03. The van der Waals surface area contributed by atoms with Gasteiger partial charge in [0.25, 0.3) is 5.91 Å². The van der Waals surface area contributed by atoms with Crippen LogP contribution in [0.4, 0.5) is 5.69 Å². The van der Waals surface area contributed by atoms with E-state index in [2.05, 4.69) is 4.98 Å². The SMILES string of the molecule is COC(=O)c1sc(-c2ccc(-c3cn4ccsc4n3)cc2)cc1N(C(=O)c1ccc(Cl)cc1Cl)C(C)C. The van der Waals surface area contributed by atoms with Gasteiger partial charge in [0.05, 0.1) is 29.1 Å². The van der Waals surface area contributed by atoms with Crippen LogP contribution in [0.15, 0.2) is 66.3 Å². The minimum atomic E-state index is -0.512. The normalized spacial score (nSPS) is 11.3. The van der Waals surface area contributed by atoms with Crippen LogP contribution in [0.2, 0.25) is 10.0 Å². The molecule has 0 unspecified atom stereocenters. The van der Waals surface area contributed by atoms with Crippen LogP contribution < -0.4 is 4.90 Å². The van der Waals surface area contributed by atoms with Gasteiger partial charge in [-0.15, -0.1) is 22.7 Å². The molecular weight excluding hydrogens is 549 g/mol. The van der Waals surface area contributed by atoms with Gasteiger partial charge in [-0.1, -0.05) is 47.5 Å². The van der Waals surface area contributed by atoms with Gasteiger partial charge in [0.1, 0.15) is 4.88 Å². The number of fused-ring (bicyclic) bond motifs is 1. The lowest BCUT2D eigenvalue weighted by atomic mass is 10.1. The lowest BCUT2D eigenvalue weighted by Gasteiger charge is -2.27. The van der Waals surface area contributed by atoms with E-state index in [0.29, 0.717) is 21.2 Å². The molecule has 37 heavy (non-hydrogen) atoms. The highest BCUT2D eigenvalue weighted by Gasteiger charge is 2.29. The van der Waals surface area contributed by atoms with E-state index >= 15 is 0 Å². The Hall–Kier alpha value is -3.17. The second-order valence-electron chi connectivity index (χ2n) is 8.51. The molecule has 0 aliphatic rings. The molecule has 0 aliphatic carbocycles. The number of rotatable bonds is 6. The maximum Gasteiger partial charge on any atom is 0.350 e. The monoisotopic (exact) mass is 569 g/mol. The summed E-state index contributed by atoms with van der Waals surface area (Å²) in [6, 6.07) is 14.3. The van der Waals surface area contributed by atoms with Crippen molar-refractivity contribution in [2.24, 2.45) is 0 Å². The lowest BCUT2D eigenvalue weighted by molar-refractivity contribution is 0.0607. The van der Waals surface area contributed by atoms with Gasteiger partial charge in [0.15, 0.2) is 4.96 Å². The molecule has 2 aromatic carbocycles. The highest BCUT2D eigenvalue weighted by Crippen LogP contribution is 2.40. The summed E-state index contributed by atoms with van der Waals surface area (Å²) >= 11 is 15.2. The predicted molar refractivity (Wildman–Crippen MR) is 152 cm³/mol.